The highest BCUT2D eigenvalue weighted by Crippen LogP contribution is 2.37. The first-order valence-corrected chi connectivity index (χ1v) is 12.6. The van der Waals surface area contributed by atoms with E-state index >= 15 is 0 Å². The number of anilines is 1. The number of hydrogen-bond donors (Lipinski definition) is 0. The van der Waals surface area contributed by atoms with Gasteiger partial charge in [-0.2, -0.15) is 0 Å². The summed E-state index contributed by atoms with van der Waals surface area (Å²) in [6.07, 6.45) is 1.84. The third-order valence-electron chi connectivity index (χ3n) is 5.34. The largest absolute Gasteiger partial charge is 0.493 e. The first kappa shape index (κ1) is 23.8. The quantitative estimate of drug-likeness (QED) is 0.178. The minimum atomic E-state index is -0.119. The van der Waals surface area contributed by atoms with E-state index in [0.29, 0.717) is 27.3 Å². The second-order valence-corrected chi connectivity index (χ2v) is 10.5. The molecule has 3 aromatic rings. The Morgan fingerprint density at radius 1 is 1.00 bits per heavy atom. The smallest absolute Gasteiger partial charge is 0.270 e. The van der Waals surface area contributed by atoms with Gasteiger partial charge in [0.2, 0.25) is 0 Å². The summed E-state index contributed by atoms with van der Waals surface area (Å²) in [6, 6.07) is 19.8. The van der Waals surface area contributed by atoms with Crippen molar-refractivity contribution in [1.29, 1.82) is 0 Å². The lowest BCUT2D eigenvalue weighted by atomic mass is 10.1. The Kier molecular flexibility index (Phi) is 7.41. The van der Waals surface area contributed by atoms with E-state index in [1.807, 2.05) is 80.6 Å². The normalized spacial score (nSPS) is 14.8. The van der Waals surface area contributed by atoms with Crippen LogP contribution in [0.2, 0.25) is 0 Å². The van der Waals surface area contributed by atoms with Crippen molar-refractivity contribution in [1.82, 2.24) is 0 Å². The van der Waals surface area contributed by atoms with Crippen LogP contribution in [0.1, 0.15) is 22.3 Å². The third-order valence-corrected chi connectivity index (χ3v) is 7.36. The molecule has 1 heterocycles. The molecule has 0 aromatic heterocycles. The number of amides is 1. The average Bonchev–Trinajstić information content (AvgIpc) is 3.08. The molecular formula is C26H22INO3S2. The van der Waals surface area contributed by atoms with Crippen molar-refractivity contribution >= 4 is 68.6 Å². The van der Waals surface area contributed by atoms with Gasteiger partial charge < -0.3 is 9.47 Å². The van der Waals surface area contributed by atoms with E-state index in [-0.39, 0.29) is 5.91 Å². The SMILES string of the molecule is COc1cc(/C=C2\SC(=S)N(c3ccc(C)c(C)c3)C2=O)ccc1OCc1ccc(I)cc1. The van der Waals surface area contributed by atoms with Gasteiger partial charge in [-0.15, -0.1) is 0 Å². The zero-order valence-electron chi connectivity index (χ0n) is 18.4. The summed E-state index contributed by atoms with van der Waals surface area (Å²) in [4.78, 5) is 15.3. The van der Waals surface area contributed by atoms with Gasteiger partial charge >= 0.3 is 0 Å². The summed E-state index contributed by atoms with van der Waals surface area (Å²) >= 11 is 9.09. The van der Waals surface area contributed by atoms with Crippen LogP contribution >= 0.6 is 46.6 Å². The molecule has 0 bridgehead atoms. The number of carbonyl (C=O) groups is 1. The summed E-state index contributed by atoms with van der Waals surface area (Å²) in [5.41, 5.74) is 5.01. The van der Waals surface area contributed by atoms with Crippen LogP contribution in [0.15, 0.2) is 65.6 Å². The zero-order valence-corrected chi connectivity index (χ0v) is 22.2. The fourth-order valence-electron chi connectivity index (χ4n) is 3.34. The standard InChI is InChI=1S/C26H22INO3S2/c1-16-4-10-21(12-17(16)2)28-25(29)24(33-26(28)32)14-19-7-11-22(23(13-19)30-3)31-15-18-5-8-20(27)9-6-18/h4-14H,15H2,1-3H3/b24-14-. The molecule has 168 valence electrons. The number of aryl methyl sites for hydroxylation is 2. The summed E-state index contributed by atoms with van der Waals surface area (Å²) in [6.45, 7) is 4.52. The predicted octanol–water partition coefficient (Wildman–Crippen LogP) is 6.90. The highest BCUT2D eigenvalue weighted by molar-refractivity contribution is 14.1. The molecule has 0 saturated carbocycles. The van der Waals surface area contributed by atoms with Gasteiger partial charge in [-0.3, -0.25) is 9.69 Å². The van der Waals surface area contributed by atoms with Crippen molar-refractivity contribution in [2.75, 3.05) is 12.0 Å². The lowest BCUT2D eigenvalue weighted by Gasteiger charge is -2.16. The van der Waals surface area contributed by atoms with E-state index in [9.17, 15) is 4.79 Å². The summed E-state index contributed by atoms with van der Waals surface area (Å²) in [7, 11) is 1.61. The maximum atomic E-state index is 13.1. The number of thiocarbonyl (C=S) groups is 1. The van der Waals surface area contributed by atoms with Crippen LogP contribution < -0.4 is 14.4 Å². The number of nitrogens with zero attached hydrogens (tertiary/aromatic N) is 1. The van der Waals surface area contributed by atoms with Crippen molar-refractivity contribution in [3.05, 3.63) is 91.4 Å². The molecule has 0 atom stereocenters. The van der Waals surface area contributed by atoms with Gasteiger partial charge in [0, 0.05) is 3.57 Å². The number of rotatable bonds is 6. The lowest BCUT2D eigenvalue weighted by molar-refractivity contribution is -0.113. The Labute approximate surface area is 217 Å². The number of methoxy groups -OCH3 is 1. The summed E-state index contributed by atoms with van der Waals surface area (Å²) < 4.78 is 13.2. The number of hydrogen-bond acceptors (Lipinski definition) is 5. The first-order chi connectivity index (χ1) is 15.9. The molecule has 1 fully saturated rings. The van der Waals surface area contributed by atoms with Gasteiger partial charge in [0.05, 0.1) is 17.7 Å². The Morgan fingerprint density at radius 2 is 1.76 bits per heavy atom. The Hall–Kier alpha value is -2.36. The minimum Gasteiger partial charge on any atom is -0.493 e. The predicted molar refractivity (Wildman–Crippen MR) is 148 cm³/mol. The molecule has 33 heavy (non-hydrogen) atoms. The molecule has 1 aliphatic rings. The number of benzene rings is 3. The molecule has 1 saturated heterocycles. The molecular weight excluding hydrogens is 565 g/mol. The van der Waals surface area contributed by atoms with E-state index in [1.54, 1.807) is 12.0 Å². The minimum absolute atomic E-state index is 0.119. The zero-order chi connectivity index (χ0) is 23.5. The van der Waals surface area contributed by atoms with Crippen molar-refractivity contribution in [2.24, 2.45) is 0 Å². The fraction of sp³-hybridized carbons (Fsp3) is 0.154. The van der Waals surface area contributed by atoms with Crippen LogP contribution in [0.25, 0.3) is 6.08 Å². The molecule has 4 nitrogen and oxygen atoms in total. The van der Waals surface area contributed by atoms with Crippen LogP contribution in [0.4, 0.5) is 5.69 Å². The fourth-order valence-corrected chi connectivity index (χ4v) is 5.00. The van der Waals surface area contributed by atoms with Crippen molar-refractivity contribution in [3.63, 3.8) is 0 Å². The van der Waals surface area contributed by atoms with Crippen LogP contribution in [0, 0.1) is 17.4 Å². The van der Waals surface area contributed by atoms with Crippen LogP contribution in [-0.4, -0.2) is 17.3 Å². The molecule has 0 aliphatic carbocycles. The molecule has 1 amide bonds. The van der Waals surface area contributed by atoms with Gasteiger partial charge in [0.25, 0.3) is 5.91 Å². The molecule has 1 aliphatic heterocycles. The van der Waals surface area contributed by atoms with Crippen molar-refractivity contribution in [2.45, 2.75) is 20.5 Å². The highest BCUT2D eigenvalue weighted by atomic mass is 127. The van der Waals surface area contributed by atoms with E-state index in [1.165, 1.54) is 20.9 Å². The maximum Gasteiger partial charge on any atom is 0.270 e. The molecule has 0 unspecified atom stereocenters. The molecule has 0 spiro atoms. The topological polar surface area (TPSA) is 38.8 Å². The van der Waals surface area contributed by atoms with Crippen LogP contribution in [0.3, 0.4) is 0 Å². The number of ether oxygens (including phenoxy) is 2. The van der Waals surface area contributed by atoms with Gasteiger partial charge in [-0.25, -0.2) is 0 Å². The first-order valence-electron chi connectivity index (χ1n) is 10.3. The summed E-state index contributed by atoms with van der Waals surface area (Å²) in [5, 5.41) is 0. The second-order valence-electron chi connectivity index (χ2n) is 7.61. The van der Waals surface area contributed by atoms with Crippen molar-refractivity contribution < 1.29 is 14.3 Å². The van der Waals surface area contributed by atoms with E-state index < -0.39 is 0 Å². The third kappa shape index (κ3) is 5.42. The summed E-state index contributed by atoms with van der Waals surface area (Å²) in [5.74, 6) is 1.14. The molecule has 3 aromatic carbocycles. The molecule has 0 N–H and O–H groups in total. The highest BCUT2D eigenvalue weighted by Gasteiger charge is 2.33. The average molecular weight is 588 g/mol. The van der Waals surface area contributed by atoms with Gasteiger partial charge in [0.15, 0.2) is 15.8 Å². The Balaban J connectivity index is 1.53. The maximum absolute atomic E-state index is 13.1. The number of halogens is 1. The van der Waals surface area contributed by atoms with E-state index in [2.05, 4.69) is 22.6 Å². The second kappa shape index (κ2) is 10.3. The van der Waals surface area contributed by atoms with Gasteiger partial charge in [-0.05, 0) is 101 Å². The molecule has 7 heteroatoms. The lowest BCUT2D eigenvalue weighted by Crippen LogP contribution is -2.27. The molecule has 0 radical (unpaired) electrons. The number of carbonyl (C=O) groups excluding carboxylic acids is 1. The number of thioether (sulfide) groups is 1. The van der Waals surface area contributed by atoms with E-state index in [4.69, 9.17) is 21.7 Å². The molecule has 4 rings (SSSR count). The van der Waals surface area contributed by atoms with Crippen LogP contribution in [0.5, 0.6) is 11.5 Å². The Bertz CT molecular complexity index is 1250. The van der Waals surface area contributed by atoms with Gasteiger partial charge in [-0.1, -0.05) is 48.2 Å². The van der Waals surface area contributed by atoms with Gasteiger partial charge in [0.1, 0.15) is 6.61 Å². The monoisotopic (exact) mass is 587 g/mol. The van der Waals surface area contributed by atoms with Crippen molar-refractivity contribution in [3.8, 4) is 11.5 Å². The Morgan fingerprint density at radius 3 is 2.45 bits per heavy atom. The van der Waals surface area contributed by atoms with E-state index in [0.717, 1.165) is 22.4 Å². The van der Waals surface area contributed by atoms with Crippen LogP contribution in [-0.2, 0) is 11.4 Å².